The Labute approximate surface area is 134 Å². The summed E-state index contributed by atoms with van der Waals surface area (Å²) in [5.41, 5.74) is 1.24. The summed E-state index contributed by atoms with van der Waals surface area (Å²) in [6.07, 6.45) is 4.42. The van der Waals surface area contributed by atoms with Gasteiger partial charge in [0.1, 0.15) is 17.0 Å². The van der Waals surface area contributed by atoms with Crippen LogP contribution in [-0.4, -0.2) is 27.6 Å². The molecular formula is C14H20ClN3O2S. The fourth-order valence-corrected chi connectivity index (χ4v) is 3.10. The van der Waals surface area contributed by atoms with Crippen molar-refractivity contribution >= 4 is 45.7 Å². The van der Waals surface area contributed by atoms with Crippen LogP contribution in [-0.2, 0) is 4.79 Å². The van der Waals surface area contributed by atoms with Crippen LogP contribution in [0.3, 0.4) is 0 Å². The predicted octanol–water partition coefficient (Wildman–Crippen LogP) is 3.79. The molecule has 7 heteroatoms. The molecule has 0 saturated heterocycles. The molecule has 116 valence electrons. The Morgan fingerprint density at radius 1 is 1.29 bits per heavy atom. The Bertz CT molecular complexity index is 616. The van der Waals surface area contributed by atoms with Crippen LogP contribution in [0.2, 0.25) is 0 Å². The Morgan fingerprint density at radius 2 is 2.05 bits per heavy atom. The number of hydrogen-bond donors (Lipinski definition) is 2. The van der Waals surface area contributed by atoms with Gasteiger partial charge in [-0.2, -0.15) is 0 Å². The molecule has 5 nitrogen and oxygen atoms in total. The predicted molar refractivity (Wildman–Crippen MR) is 88.7 cm³/mol. The van der Waals surface area contributed by atoms with Crippen molar-refractivity contribution in [3.63, 3.8) is 0 Å². The highest BCUT2D eigenvalue weighted by Crippen LogP contribution is 2.32. The number of nitrogens with zero attached hydrogens (tertiary/aromatic N) is 2. The van der Waals surface area contributed by atoms with E-state index in [1.54, 1.807) is 17.7 Å². The third-order valence-electron chi connectivity index (χ3n) is 3.33. The lowest BCUT2D eigenvalue weighted by molar-refractivity contribution is -0.137. The molecule has 0 aliphatic heterocycles. The Balaban J connectivity index is 0.00000220. The van der Waals surface area contributed by atoms with Crippen molar-refractivity contribution in [2.24, 2.45) is 0 Å². The molecule has 0 aliphatic rings. The third kappa shape index (κ3) is 4.54. The van der Waals surface area contributed by atoms with Crippen LogP contribution in [0.15, 0.2) is 6.33 Å². The molecule has 2 rings (SSSR count). The number of nitrogens with one attached hydrogen (secondary N) is 1. The summed E-state index contributed by atoms with van der Waals surface area (Å²) < 4.78 is 0. The van der Waals surface area contributed by atoms with Gasteiger partial charge >= 0.3 is 5.97 Å². The zero-order chi connectivity index (χ0) is 14.5. The standard InChI is InChI=1S/C14H19N3O2S.ClH/c1-9-10(2)20-14-12(9)13(16-8-17-14)15-7-5-3-4-6-11(18)19;/h8H,3-7H2,1-2H3,(H,18,19)(H,15,16,17);1H. The summed E-state index contributed by atoms with van der Waals surface area (Å²) in [4.78, 5) is 21.3. The summed E-state index contributed by atoms with van der Waals surface area (Å²) >= 11 is 1.69. The summed E-state index contributed by atoms with van der Waals surface area (Å²) in [5.74, 6) is 0.162. The number of aryl methyl sites for hydroxylation is 2. The molecule has 0 saturated carbocycles. The first-order valence-electron chi connectivity index (χ1n) is 6.76. The number of thiophene rings is 1. The van der Waals surface area contributed by atoms with Gasteiger partial charge in [-0.05, 0) is 32.3 Å². The van der Waals surface area contributed by atoms with Gasteiger partial charge in [0.25, 0.3) is 0 Å². The number of carbonyl (C=O) groups is 1. The highest BCUT2D eigenvalue weighted by Gasteiger charge is 2.11. The molecule has 0 amide bonds. The molecule has 0 radical (unpaired) electrons. The highest BCUT2D eigenvalue weighted by molar-refractivity contribution is 7.18. The molecule has 0 fully saturated rings. The first-order chi connectivity index (χ1) is 9.59. The van der Waals surface area contributed by atoms with Gasteiger partial charge in [0, 0.05) is 17.8 Å². The Morgan fingerprint density at radius 3 is 2.76 bits per heavy atom. The van der Waals surface area contributed by atoms with Crippen LogP contribution in [0.25, 0.3) is 10.2 Å². The van der Waals surface area contributed by atoms with E-state index >= 15 is 0 Å². The number of aromatic nitrogens is 2. The lowest BCUT2D eigenvalue weighted by atomic mass is 10.2. The van der Waals surface area contributed by atoms with E-state index in [2.05, 4.69) is 29.1 Å². The lowest BCUT2D eigenvalue weighted by Crippen LogP contribution is -2.04. The SMILES string of the molecule is Cc1sc2ncnc(NCCCCCC(=O)O)c2c1C.Cl. The van der Waals surface area contributed by atoms with E-state index in [0.29, 0.717) is 0 Å². The second-order valence-electron chi connectivity index (χ2n) is 4.82. The third-order valence-corrected chi connectivity index (χ3v) is 4.44. The maximum atomic E-state index is 10.4. The normalized spacial score (nSPS) is 10.4. The molecule has 0 atom stereocenters. The topological polar surface area (TPSA) is 75.1 Å². The lowest BCUT2D eigenvalue weighted by Gasteiger charge is -2.06. The minimum Gasteiger partial charge on any atom is -0.481 e. The van der Waals surface area contributed by atoms with E-state index in [1.807, 2.05) is 0 Å². The fraction of sp³-hybridized carbons (Fsp3) is 0.500. The Hall–Kier alpha value is -1.40. The first kappa shape index (κ1) is 17.7. The van der Waals surface area contributed by atoms with Crippen molar-refractivity contribution in [3.05, 3.63) is 16.8 Å². The van der Waals surface area contributed by atoms with E-state index in [0.717, 1.165) is 41.8 Å². The van der Waals surface area contributed by atoms with Crippen LogP contribution in [0.4, 0.5) is 5.82 Å². The van der Waals surface area contributed by atoms with Crippen molar-refractivity contribution in [1.29, 1.82) is 0 Å². The number of carboxylic acid groups (broad SMARTS) is 1. The molecule has 2 heterocycles. The van der Waals surface area contributed by atoms with Gasteiger partial charge in [-0.1, -0.05) is 6.42 Å². The molecule has 0 aromatic carbocycles. The van der Waals surface area contributed by atoms with Gasteiger partial charge < -0.3 is 10.4 Å². The average Bonchev–Trinajstić information content (AvgIpc) is 2.70. The molecule has 0 aliphatic carbocycles. The zero-order valence-electron chi connectivity index (χ0n) is 12.2. The van der Waals surface area contributed by atoms with Gasteiger partial charge in [-0.25, -0.2) is 9.97 Å². The summed E-state index contributed by atoms with van der Waals surface area (Å²) in [7, 11) is 0. The summed E-state index contributed by atoms with van der Waals surface area (Å²) in [6, 6.07) is 0. The highest BCUT2D eigenvalue weighted by atomic mass is 35.5. The first-order valence-corrected chi connectivity index (χ1v) is 7.57. The van der Waals surface area contributed by atoms with Gasteiger partial charge in [0.05, 0.1) is 5.39 Å². The molecule has 21 heavy (non-hydrogen) atoms. The van der Waals surface area contributed by atoms with Crippen molar-refractivity contribution in [1.82, 2.24) is 9.97 Å². The number of fused-ring (bicyclic) bond motifs is 1. The molecular weight excluding hydrogens is 310 g/mol. The monoisotopic (exact) mass is 329 g/mol. The Kier molecular flexibility index (Phi) is 6.84. The summed E-state index contributed by atoms with van der Waals surface area (Å²) in [5, 5.41) is 13.0. The number of unbranched alkanes of at least 4 members (excludes halogenated alkanes) is 2. The number of anilines is 1. The number of carboxylic acids is 1. The van der Waals surface area contributed by atoms with E-state index in [1.165, 1.54) is 10.4 Å². The van der Waals surface area contributed by atoms with E-state index in [9.17, 15) is 4.79 Å². The quantitative estimate of drug-likeness (QED) is 0.756. The number of aliphatic carboxylic acids is 1. The second kappa shape index (κ2) is 8.14. The number of halogens is 1. The average molecular weight is 330 g/mol. The van der Waals surface area contributed by atoms with E-state index < -0.39 is 5.97 Å². The summed E-state index contributed by atoms with van der Waals surface area (Å²) in [6.45, 7) is 4.99. The van der Waals surface area contributed by atoms with Gasteiger partial charge in [-0.3, -0.25) is 4.79 Å². The largest absolute Gasteiger partial charge is 0.481 e. The molecule has 2 aromatic rings. The van der Waals surface area contributed by atoms with Crippen LogP contribution in [0.5, 0.6) is 0 Å². The van der Waals surface area contributed by atoms with Crippen molar-refractivity contribution in [3.8, 4) is 0 Å². The smallest absolute Gasteiger partial charge is 0.303 e. The molecule has 0 bridgehead atoms. The molecule has 2 aromatic heterocycles. The zero-order valence-corrected chi connectivity index (χ0v) is 13.8. The van der Waals surface area contributed by atoms with Crippen molar-refractivity contribution < 1.29 is 9.90 Å². The van der Waals surface area contributed by atoms with Crippen LogP contribution in [0.1, 0.15) is 36.1 Å². The maximum absolute atomic E-state index is 10.4. The minimum absolute atomic E-state index is 0. The fourth-order valence-electron chi connectivity index (χ4n) is 2.10. The van der Waals surface area contributed by atoms with Gasteiger partial charge in [-0.15, -0.1) is 23.7 Å². The van der Waals surface area contributed by atoms with E-state index in [-0.39, 0.29) is 18.8 Å². The number of hydrogen-bond acceptors (Lipinski definition) is 5. The van der Waals surface area contributed by atoms with E-state index in [4.69, 9.17) is 5.11 Å². The molecule has 0 unspecified atom stereocenters. The van der Waals surface area contributed by atoms with Crippen LogP contribution >= 0.6 is 23.7 Å². The van der Waals surface area contributed by atoms with Crippen LogP contribution < -0.4 is 5.32 Å². The van der Waals surface area contributed by atoms with Crippen molar-refractivity contribution in [2.75, 3.05) is 11.9 Å². The van der Waals surface area contributed by atoms with Gasteiger partial charge in [0.15, 0.2) is 0 Å². The van der Waals surface area contributed by atoms with Crippen LogP contribution in [0, 0.1) is 13.8 Å². The number of rotatable bonds is 7. The maximum Gasteiger partial charge on any atom is 0.303 e. The van der Waals surface area contributed by atoms with Crippen molar-refractivity contribution in [2.45, 2.75) is 39.5 Å². The molecule has 2 N–H and O–H groups in total. The minimum atomic E-state index is -0.722. The second-order valence-corrected chi connectivity index (χ2v) is 6.02. The van der Waals surface area contributed by atoms with Gasteiger partial charge in [0.2, 0.25) is 0 Å². The molecule has 0 spiro atoms.